The predicted molar refractivity (Wildman–Crippen MR) is 86.9 cm³/mol. The highest BCUT2D eigenvalue weighted by molar-refractivity contribution is 9.10. The summed E-state index contributed by atoms with van der Waals surface area (Å²) in [5.74, 6) is 0.721. The maximum atomic E-state index is 8.47. The van der Waals surface area contributed by atoms with Gasteiger partial charge < -0.3 is 10.1 Å². The van der Waals surface area contributed by atoms with Gasteiger partial charge in [-0.05, 0) is 36.2 Å². The van der Waals surface area contributed by atoms with Crippen molar-refractivity contribution in [1.82, 2.24) is 5.32 Å². The van der Waals surface area contributed by atoms with E-state index in [4.69, 9.17) is 10.00 Å². The molecule has 1 N–H and O–H groups in total. The van der Waals surface area contributed by atoms with Crippen molar-refractivity contribution in [2.45, 2.75) is 19.5 Å². The highest BCUT2D eigenvalue weighted by atomic mass is 79.9. The van der Waals surface area contributed by atoms with Gasteiger partial charge in [0.15, 0.2) is 6.61 Å². The SMILES string of the molecule is C[C@@H](NCc1ccc(OCC#N)cc1)c1ccccc1Br. The van der Waals surface area contributed by atoms with E-state index in [0.29, 0.717) is 0 Å². The molecule has 108 valence electrons. The third-order valence-electron chi connectivity index (χ3n) is 3.21. The van der Waals surface area contributed by atoms with Gasteiger partial charge in [0.25, 0.3) is 0 Å². The van der Waals surface area contributed by atoms with Crippen LogP contribution in [0.25, 0.3) is 0 Å². The van der Waals surface area contributed by atoms with Gasteiger partial charge in [-0.3, -0.25) is 0 Å². The molecule has 0 fully saturated rings. The van der Waals surface area contributed by atoms with Gasteiger partial charge in [-0.1, -0.05) is 46.3 Å². The first-order valence-electron chi connectivity index (χ1n) is 6.77. The second-order valence-electron chi connectivity index (χ2n) is 4.71. The molecule has 1 atom stereocenters. The zero-order valence-electron chi connectivity index (χ0n) is 11.8. The number of hydrogen-bond acceptors (Lipinski definition) is 3. The Morgan fingerprint density at radius 3 is 2.57 bits per heavy atom. The zero-order valence-corrected chi connectivity index (χ0v) is 13.4. The molecule has 21 heavy (non-hydrogen) atoms. The van der Waals surface area contributed by atoms with Gasteiger partial charge in [-0.15, -0.1) is 0 Å². The van der Waals surface area contributed by atoms with Crippen molar-refractivity contribution < 1.29 is 4.74 Å². The van der Waals surface area contributed by atoms with Crippen molar-refractivity contribution >= 4 is 15.9 Å². The Kier molecular flexibility index (Phi) is 5.79. The number of hydrogen-bond donors (Lipinski definition) is 1. The minimum Gasteiger partial charge on any atom is -0.479 e. The fraction of sp³-hybridized carbons (Fsp3) is 0.235. The van der Waals surface area contributed by atoms with Crippen molar-refractivity contribution in [2.75, 3.05) is 6.61 Å². The molecule has 0 aliphatic carbocycles. The highest BCUT2D eigenvalue weighted by Gasteiger charge is 2.07. The first-order chi connectivity index (χ1) is 10.2. The maximum absolute atomic E-state index is 8.47. The topological polar surface area (TPSA) is 45.0 Å². The Morgan fingerprint density at radius 1 is 1.19 bits per heavy atom. The molecule has 0 unspecified atom stereocenters. The van der Waals surface area contributed by atoms with Crippen molar-refractivity contribution in [3.8, 4) is 11.8 Å². The van der Waals surface area contributed by atoms with Crippen molar-refractivity contribution in [3.63, 3.8) is 0 Å². The summed E-state index contributed by atoms with van der Waals surface area (Å²) in [5.41, 5.74) is 2.42. The lowest BCUT2D eigenvalue weighted by atomic mass is 10.1. The number of halogens is 1. The van der Waals surface area contributed by atoms with Crippen LogP contribution in [-0.4, -0.2) is 6.61 Å². The molecule has 0 bridgehead atoms. The summed E-state index contributed by atoms with van der Waals surface area (Å²) in [7, 11) is 0. The third-order valence-corrected chi connectivity index (χ3v) is 3.93. The van der Waals surface area contributed by atoms with E-state index in [2.05, 4.69) is 40.3 Å². The van der Waals surface area contributed by atoms with E-state index in [1.165, 1.54) is 11.1 Å². The second-order valence-corrected chi connectivity index (χ2v) is 5.57. The Hall–Kier alpha value is -1.83. The summed E-state index contributed by atoms with van der Waals surface area (Å²) in [5, 5.41) is 12.0. The van der Waals surface area contributed by atoms with Crippen LogP contribution in [0, 0.1) is 11.3 Å². The molecular formula is C17H17BrN2O. The van der Waals surface area contributed by atoms with Crippen LogP contribution in [0.5, 0.6) is 5.75 Å². The van der Waals surface area contributed by atoms with Gasteiger partial charge >= 0.3 is 0 Å². The van der Waals surface area contributed by atoms with Gasteiger partial charge in [0.2, 0.25) is 0 Å². The summed E-state index contributed by atoms with van der Waals surface area (Å²) >= 11 is 3.57. The van der Waals surface area contributed by atoms with Crippen molar-refractivity contribution in [3.05, 3.63) is 64.1 Å². The van der Waals surface area contributed by atoms with Crippen LogP contribution in [0.1, 0.15) is 24.1 Å². The molecule has 3 nitrogen and oxygen atoms in total. The van der Waals surface area contributed by atoms with E-state index in [9.17, 15) is 0 Å². The molecule has 0 saturated carbocycles. The molecule has 0 aromatic heterocycles. The van der Waals surface area contributed by atoms with Gasteiger partial charge in [0, 0.05) is 17.1 Å². The fourth-order valence-corrected chi connectivity index (χ4v) is 2.65. The summed E-state index contributed by atoms with van der Waals surface area (Å²) in [6.07, 6.45) is 0. The third kappa shape index (κ3) is 4.59. The Bertz CT molecular complexity index is 619. The minimum absolute atomic E-state index is 0.0800. The maximum Gasteiger partial charge on any atom is 0.174 e. The quantitative estimate of drug-likeness (QED) is 0.853. The largest absolute Gasteiger partial charge is 0.479 e. The molecule has 0 amide bonds. The molecule has 2 rings (SSSR count). The lowest BCUT2D eigenvalue weighted by molar-refractivity contribution is 0.368. The standard InChI is InChI=1S/C17H17BrN2O/c1-13(16-4-2-3-5-17(16)18)20-12-14-6-8-15(9-7-14)21-11-10-19/h2-9,13,20H,11-12H2,1H3/t13-/m1/s1. The molecule has 2 aromatic rings. The fourth-order valence-electron chi connectivity index (χ4n) is 2.03. The molecule has 0 radical (unpaired) electrons. The number of nitrogens with one attached hydrogen (secondary N) is 1. The Morgan fingerprint density at radius 2 is 1.90 bits per heavy atom. The van der Waals surface area contributed by atoms with Gasteiger partial charge in [-0.2, -0.15) is 5.26 Å². The van der Waals surface area contributed by atoms with Crippen molar-refractivity contribution in [1.29, 1.82) is 5.26 Å². The van der Waals surface area contributed by atoms with E-state index >= 15 is 0 Å². The molecule has 4 heteroatoms. The van der Waals surface area contributed by atoms with Crippen LogP contribution in [-0.2, 0) is 6.54 Å². The molecule has 0 aliphatic rings. The average Bonchev–Trinajstić information content (AvgIpc) is 2.52. The van der Waals surface area contributed by atoms with E-state index in [-0.39, 0.29) is 12.6 Å². The van der Waals surface area contributed by atoms with E-state index in [0.717, 1.165) is 16.8 Å². The Labute approximate surface area is 133 Å². The lowest BCUT2D eigenvalue weighted by Crippen LogP contribution is -2.18. The number of nitriles is 1. The Balaban J connectivity index is 1.91. The van der Waals surface area contributed by atoms with Crippen LogP contribution in [0.4, 0.5) is 0 Å². The van der Waals surface area contributed by atoms with Gasteiger partial charge in [0.1, 0.15) is 11.8 Å². The predicted octanol–water partition coefficient (Wildman–Crippen LogP) is 4.20. The summed E-state index contributed by atoms with van der Waals surface area (Å²) in [6, 6.07) is 18.2. The molecule has 0 saturated heterocycles. The van der Waals surface area contributed by atoms with Crippen molar-refractivity contribution in [2.24, 2.45) is 0 Å². The van der Waals surface area contributed by atoms with Crippen LogP contribution >= 0.6 is 15.9 Å². The van der Waals surface area contributed by atoms with Gasteiger partial charge in [-0.25, -0.2) is 0 Å². The number of ether oxygens (including phenoxy) is 1. The van der Waals surface area contributed by atoms with Crippen LogP contribution in [0.2, 0.25) is 0 Å². The van der Waals surface area contributed by atoms with Crippen LogP contribution in [0.3, 0.4) is 0 Å². The molecular weight excluding hydrogens is 328 g/mol. The first kappa shape index (κ1) is 15.6. The lowest BCUT2D eigenvalue weighted by Gasteiger charge is -2.16. The smallest absolute Gasteiger partial charge is 0.174 e. The highest BCUT2D eigenvalue weighted by Crippen LogP contribution is 2.23. The molecule has 0 heterocycles. The van der Waals surface area contributed by atoms with E-state index in [1.54, 1.807) is 0 Å². The first-order valence-corrected chi connectivity index (χ1v) is 7.56. The van der Waals surface area contributed by atoms with E-state index < -0.39 is 0 Å². The zero-order chi connectivity index (χ0) is 15.1. The normalized spacial score (nSPS) is 11.7. The molecule has 0 spiro atoms. The number of benzene rings is 2. The summed E-state index contributed by atoms with van der Waals surface area (Å²) in [4.78, 5) is 0. The number of rotatable bonds is 6. The molecule has 0 aliphatic heterocycles. The molecule has 2 aromatic carbocycles. The number of nitrogens with zero attached hydrogens (tertiary/aromatic N) is 1. The van der Waals surface area contributed by atoms with Crippen LogP contribution < -0.4 is 10.1 Å². The average molecular weight is 345 g/mol. The minimum atomic E-state index is 0.0800. The van der Waals surface area contributed by atoms with E-state index in [1.807, 2.05) is 42.5 Å². The summed E-state index contributed by atoms with van der Waals surface area (Å²) in [6.45, 7) is 3.00. The monoisotopic (exact) mass is 344 g/mol. The summed E-state index contributed by atoms with van der Waals surface area (Å²) < 4.78 is 6.35. The van der Waals surface area contributed by atoms with Gasteiger partial charge in [0.05, 0.1) is 0 Å². The second kappa shape index (κ2) is 7.82. The van der Waals surface area contributed by atoms with Crippen LogP contribution in [0.15, 0.2) is 53.0 Å².